The zero-order valence-corrected chi connectivity index (χ0v) is 9.16. The van der Waals surface area contributed by atoms with Gasteiger partial charge in [0.05, 0.1) is 12.2 Å². The van der Waals surface area contributed by atoms with Crippen LogP contribution in [0.5, 0.6) is 0 Å². The summed E-state index contributed by atoms with van der Waals surface area (Å²) in [5.41, 5.74) is 0.177. The first-order valence-corrected chi connectivity index (χ1v) is 6.48. The number of rotatable bonds is 1. The molecule has 2 rings (SSSR count). The molecule has 0 bridgehead atoms. The fourth-order valence-electron chi connectivity index (χ4n) is 2.47. The summed E-state index contributed by atoms with van der Waals surface area (Å²) in [4.78, 5) is 0. The van der Waals surface area contributed by atoms with Crippen LogP contribution in [-0.2, 0) is 4.74 Å². The van der Waals surface area contributed by atoms with Gasteiger partial charge >= 0.3 is 0 Å². The molecule has 0 aromatic heterocycles. The van der Waals surface area contributed by atoms with Crippen molar-refractivity contribution in [1.82, 2.24) is 5.32 Å². The van der Waals surface area contributed by atoms with E-state index in [9.17, 15) is 0 Å². The fraction of sp³-hybridized carbons (Fsp3) is 1.00. The van der Waals surface area contributed by atoms with Crippen LogP contribution >= 0.6 is 11.8 Å². The van der Waals surface area contributed by atoms with Crippen LogP contribution < -0.4 is 5.32 Å². The molecule has 2 atom stereocenters. The van der Waals surface area contributed by atoms with E-state index in [2.05, 4.69) is 24.0 Å². The lowest BCUT2D eigenvalue weighted by Gasteiger charge is -2.46. The first-order valence-electron chi connectivity index (χ1n) is 5.32. The summed E-state index contributed by atoms with van der Waals surface area (Å²) in [6.07, 6.45) is 3.77. The Morgan fingerprint density at radius 3 is 3.23 bits per heavy atom. The normalized spacial score (nSPS) is 40.8. The molecule has 2 aliphatic rings. The summed E-state index contributed by atoms with van der Waals surface area (Å²) in [6.45, 7) is 4.19. The van der Waals surface area contributed by atoms with Crippen LogP contribution in [0.25, 0.3) is 0 Å². The van der Waals surface area contributed by atoms with Crippen LogP contribution in [0.4, 0.5) is 0 Å². The summed E-state index contributed by atoms with van der Waals surface area (Å²) in [5, 5.41) is 3.59. The minimum Gasteiger partial charge on any atom is -0.371 e. The van der Waals surface area contributed by atoms with Gasteiger partial charge in [-0.15, -0.1) is 0 Å². The van der Waals surface area contributed by atoms with Crippen molar-refractivity contribution in [2.45, 2.75) is 37.8 Å². The van der Waals surface area contributed by atoms with Crippen molar-refractivity contribution in [2.75, 3.05) is 24.7 Å². The molecule has 1 spiro atoms. The monoisotopic (exact) mass is 201 g/mol. The van der Waals surface area contributed by atoms with Crippen LogP contribution in [0.2, 0.25) is 0 Å². The molecule has 2 fully saturated rings. The molecule has 2 saturated heterocycles. The van der Waals surface area contributed by atoms with E-state index in [1.807, 2.05) is 0 Å². The molecular weight excluding hydrogens is 182 g/mol. The highest BCUT2D eigenvalue weighted by Gasteiger charge is 2.42. The Bertz CT molecular complexity index is 160. The molecule has 2 heterocycles. The van der Waals surface area contributed by atoms with Crippen molar-refractivity contribution in [1.29, 1.82) is 0 Å². The quantitative estimate of drug-likeness (QED) is 0.697. The van der Waals surface area contributed by atoms with Gasteiger partial charge in [0.1, 0.15) is 0 Å². The van der Waals surface area contributed by atoms with E-state index < -0.39 is 0 Å². The molecule has 0 aromatic rings. The molecule has 76 valence electrons. The standard InChI is InChI=1S/C10H19NOS/c1-2-9-10(12-6-5-11-9)4-3-7-13-8-10/h9,11H,2-8H2,1H3. The van der Waals surface area contributed by atoms with Gasteiger partial charge < -0.3 is 10.1 Å². The van der Waals surface area contributed by atoms with E-state index in [-0.39, 0.29) is 5.60 Å². The number of nitrogens with one attached hydrogen (secondary N) is 1. The van der Waals surface area contributed by atoms with Crippen molar-refractivity contribution in [3.8, 4) is 0 Å². The van der Waals surface area contributed by atoms with E-state index in [1.165, 1.54) is 30.8 Å². The molecule has 13 heavy (non-hydrogen) atoms. The minimum atomic E-state index is 0.177. The van der Waals surface area contributed by atoms with Crippen LogP contribution in [0.3, 0.4) is 0 Å². The van der Waals surface area contributed by atoms with Gasteiger partial charge in [-0.3, -0.25) is 0 Å². The van der Waals surface area contributed by atoms with E-state index in [1.54, 1.807) is 0 Å². The van der Waals surface area contributed by atoms with Crippen LogP contribution in [0.15, 0.2) is 0 Å². The van der Waals surface area contributed by atoms with Crippen molar-refractivity contribution >= 4 is 11.8 Å². The van der Waals surface area contributed by atoms with Crippen molar-refractivity contribution in [3.63, 3.8) is 0 Å². The van der Waals surface area contributed by atoms with Gasteiger partial charge in [0.15, 0.2) is 0 Å². The third-order valence-electron chi connectivity index (χ3n) is 3.16. The Morgan fingerprint density at radius 1 is 1.62 bits per heavy atom. The third kappa shape index (κ3) is 1.88. The Labute approximate surface area is 84.8 Å². The summed E-state index contributed by atoms with van der Waals surface area (Å²) in [5.74, 6) is 2.51. The molecule has 0 aromatic carbocycles. The van der Waals surface area contributed by atoms with Crippen molar-refractivity contribution in [2.24, 2.45) is 0 Å². The van der Waals surface area contributed by atoms with E-state index >= 15 is 0 Å². The fourth-order valence-corrected chi connectivity index (χ4v) is 3.74. The molecule has 1 N–H and O–H groups in total. The molecule has 2 nitrogen and oxygen atoms in total. The number of ether oxygens (including phenoxy) is 1. The maximum atomic E-state index is 6.03. The Hall–Kier alpha value is 0.270. The SMILES string of the molecule is CCC1NCCOC12CCCSC2. The Morgan fingerprint density at radius 2 is 2.54 bits per heavy atom. The lowest BCUT2D eigenvalue weighted by molar-refractivity contribution is -0.0880. The second-order valence-corrected chi connectivity index (χ2v) is 5.09. The highest BCUT2D eigenvalue weighted by atomic mass is 32.2. The molecular formula is C10H19NOS. The van der Waals surface area contributed by atoms with Crippen LogP contribution in [0, 0.1) is 0 Å². The van der Waals surface area contributed by atoms with Crippen LogP contribution in [0.1, 0.15) is 26.2 Å². The lowest BCUT2D eigenvalue weighted by Crippen LogP contribution is -2.60. The molecule has 0 amide bonds. The molecule has 0 radical (unpaired) electrons. The average molecular weight is 201 g/mol. The minimum absolute atomic E-state index is 0.177. The maximum Gasteiger partial charge on any atom is 0.0925 e. The average Bonchev–Trinajstić information content (AvgIpc) is 2.20. The zero-order valence-electron chi connectivity index (χ0n) is 8.34. The lowest BCUT2D eigenvalue weighted by atomic mass is 9.87. The zero-order chi connectivity index (χ0) is 9.15. The van der Waals surface area contributed by atoms with Gasteiger partial charge in [0.25, 0.3) is 0 Å². The largest absolute Gasteiger partial charge is 0.371 e. The number of hydrogen-bond donors (Lipinski definition) is 1. The molecule has 2 unspecified atom stereocenters. The summed E-state index contributed by atoms with van der Waals surface area (Å²) in [6, 6.07) is 0.592. The molecule has 0 aliphatic carbocycles. The van der Waals surface area contributed by atoms with Crippen molar-refractivity contribution < 1.29 is 4.74 Å². The van der Waals surface area contributed by atoms with Gasteiger partial charge in [0, 0.05) is 18.3 Å². The molecule has 3 heteroatoms. The Kier molecular flexibility index (Phi) is 3.17. The summed E-state index contributed by atoms with van der Waals surface area (Å²) >= 11 is 2.05. The molecule has 0 saturated carbocycles. The number of morpholine rings is 1. The van der Waals surface area contributed by atoms with E-state index in [0.717, 1.165) is 13.2 Å². The van der Waals surface area contributed by atoms with Gasteiger partial charge in [0.2, 0.25) is 0 Å². The van der Waals surface area contributed by atoms with Crippen molar-refractivity contribution in [3.05, 3.63) is 0 Å². The first kappa shape index (κ1) is 9.81. The summed E-state index contributed by atoms with van der Waals surface area (Å²) < 4.78 is 6.03. The first-order chi connectivity index (χ1) is 6.37. The van der Waals surface area contributed by atoms with E-state index in [4.69, 9.17) is 4.74 Å². The topological polar surface area (TPSA) is 21.3 Å². The summed E-state index contributed by atoms with van der Waals surface area (Å²) in [7, 11) is 0. The predicted octanol–water partition coefficient (Wildman–Crippen LogP) is 1.65. The smallest absolute Gasteiger partial charge is 0.0925 e. The van der Waals surface area contributed by atoms with Gasteiger partial charge in [-0.2, -0.15) is 11.8 Å². The molecule has 2 aliphatic heterocycles. The van der Waals surface area contributed by atoms with E-state index in [0.29, 0.717) is 6.04 Å². The third-order valence-corrected chi connectivity index (χ3v) is 4.43. The second-order valence-electron chi connectivity index (χ2n) is 3.98. The Balaban J connectivity index is 2.06. The number of hydrogen-bond acceptors (Lipinski definition) is 3. The second kappa shape index (κ2) is 4.20. The van der Waals surface area contributed by atoms with Gasteiger partial charge in [-0.1, -0.05) is 6.92 Å². The highest BCUT2D eigenvalue weighted by Crippen LogP contribution is 2.35. The predicted molar refractivity (Wildman–Crippen MR) is 57.3 cm³/mol. The highest BCUT2D eigenvalue weighted by molar-refractivity contribution is 7.99. The van der Waals surface area contributed by atoms with Gasteiger partial charge in [-0.05, 0) is 25.0 Å². The number of thioether (sulfide) groups is 1. The van der Waals surface area contributed by atoms with Gasteiger partial charge in [-0.25, -0.2) is 0 Å². The maximum absolute atomic E-state index is 6.03. The van der Waals surface area contributed by atoms with Crippen LogP contribution in [-0.4, -0.2) is 36.3 Å².